The molecule has 1 fully saturated rings. The van der Waals surface area contributed by atoms with E-state index in [1.807, 2.05) is 72.8 Å². The molecule has 0 N–H and O–H groups in total. The van der Waals surface area contributed by atoms with Crippen LogP contribution in [0.1, 0.15) is 43.2 Å². The number of esters is 1. The lowest BCUT2D eigenvalue weighted by atomic mass is 9.69. The molecule has 2 unspecified atom stereocenters. The molecule has 0 radical (unpaired) electrons. The first-order valence-electron chi connectivity index (χ1n) is 9.17. The van der Waals surface area contributed by atoms with Gasteiger partial charge >= 0.3 is 5.97 Å². The number of benzene rings is 2. The van der Waals surface area contributed by atoms with Crippen LogP contribution in [-0.4, -0.2) is 18.4 Å². The molecule has 0 bridgehead atoms. The number of carbonyl (C=O) groups excluding carboxylic acids is 2. The lowest BCUT2D eigenvalue weighted by Gasteiger charge is -2.32. The quantitative estimate of drug-likeness (QED) is 0.557. The second-order valence-corrected chi connectivity index (χ2v) is 6.63. The standard InChI is InChI=1S/C23H24O3/c1-2-26-22(25)23(17-9-14-21(23)24)20(19-12-7-4-8-13-19)16-15-18-10-5-3-6-11-18/h3-8,10-13,15-16,20H,2,9,14,17H2,1H3/b16-15+. The van der Waals surface area contributed by atoms with Crippen LogP contribution in [-0.2, 0) is 14.3 Å². The summed E-state index contributed by atoms with van der Waals surface area (Å²) in [5, 5.41) is 0. The van der Waals surface area contributed by atoms with Crippen molar-refractivity contribution in [3.05, 3.63) is 77.9 Å². The van der Waals surface area contributed by atoms with E-state index in [0.29, 0.717) is 12.8 Å². The van der Waals surface area contributed by atoms with Gasteiger partial charge in [-0.25, -0.2) is 0 Å². The third-order valence-electron chi connectivity index (χ3n) is 5.08. The fourth-order valence-corrected chi connectivity index (χ4v) is 3.81. The highest BCUT2D eigenvalue weighted by molar-refractivity contribution is 6.06. The summed E-state index contributed by atoms with van der Waals surface area (Å²) in [6.07, 6.45) is 5.67. The van der Waals surface area contributed by atoms with E-state index >= 15 is 0 Å². The first kappa shape index (κ1) is 18.1. The van der Waals surface area contributed by atoms with E-state index in [9.17, 15) is 9.59 Å². The number of hydrogen-bond acceptors (Lipinski definition) is 3. The molecule has 26 heavy (non-hydrogen) atoms. The van der Waals surface area contributed by atoms with Gasteiger partial charge in [0.25, 0.3) is 0 Å². The molecular weight excluding hydrogens is 324 g/mol. The van der Waals surface area contributed by atoms with E-state index in [-0.39, 0.29) is 18.3 Å². The van der Waals surface area contributed by atoms with Crippen LogP contribution in [0.2, 0.25) is 0 Å². The normalized spacial score (nSPS) is 21.0. The molecule has 3 nitrogen and oxygen atoms in total. The highest BCUT2D eigenvalue weighted by Crippen LogP contribution is 2.48. The summed E-state index contributed by atoms with van der Waals surface area (Å²) in [4.78, 5) is 25.8. The Balaban J connectivity index is 2.07. The Kier molecular flexibility index (Phi) is 5.67. The van der Waals surface area contributed by atoms with Crippen LogP contribution >= 0.6 is 0 Å². The topological polar surface area (TPSA) is 43.4 Å². The van der Waals surface area contributed by atoms with E-state index in [2.05, 4.69) is 0 Å². The van der Waals surface area contributed by atoms with E-state index < -0.39 is 11.4 Å². The Bertz CT molecular complexity index is 780. The Morgan fingerprint density at radius 2 is 1.77 bits per heavy atom. The molecule has 2 aromatic rings. The maximum absolute atomic E-state index is 12.9. The number of rotatable bonds is 6. The van der Waals surface area contributed by atoms with Crippen molar-refractivity contribution in [3.8, 4) is 0 Å². The molecular formula is C23H24O3. The first-order chi connectivity index (χ1) is 12.7. The zero-order valence-electron chi connectivity index (χ0n) is 15.1. The zero-order valence-corrected chi connectivity index (χ0v) is 15.1. The fourth-order valence-electron chi connectivity index (χ4n) is 3.81. The minimum Gasteiger partial charge on any atom is -0.465 e. The summed E-state index contributed by atoms with van der Waals surface area (Å²) >= 11 is 0. The summed E-state index contributed by atoms with van der Waals surface area (Å²) < 4.78 is 5.36. The predicted octanol–water partition coefficient (Wildman–Crippen LogP) is 4.79. The predicted molar refractivity (Wildman–Crippen MR) is 103 cm³/mol. The van der Waals surface area contributed by atoms with Crippen LogP contribution in [0.4, 0.5) is 0 Å². The van der Waals surface area contributed by atoms with Crippen molar-refractivity contribution in [2.45, 2.75) is 32.1 Å². The highest BCUT2D eigenvalue weighted by Gasteiger charge is 2.54. The molecule has 0 aliphatic heterocycles. The molecule has 2 atom stereocenters. The largest absolute Gasteiger partial charge is 0.465 e. The van der Waals surface area contributed by atoms with E-state index in [1.54, 1.807) is 6.92 Å². The fraction of sp³-hybridized carbons (Fsp3) is 0.304. The smallest absolute Gasteiger partial charge is 0.320 e. The Labute approximate surface area is 154 Å². The van der Waals surface area contributed by atoms with Gasteiger partial charge < -0.3 is 4.74 Å². The van der Waals surface area contributed by atoms with Crippen molar-refractivity contribution in [2.24, 2.45) is 5.41 Å². The number of hydrogen-bond donors (Lipinski definition) is 0. The second-order valence-electron chi connectivity index (χ2n) is 6.63. The molecule has 1 saturated carbocycles. The molecule has 1 aliphatic carbocycles. The van der Waals surface area contributed by atoms with Gasteiger partial charge in [0.05, 0.1) is 6.61 Å². The Hall–Kier alpha value is -2.68. The van der Waals surface area contributed by atoms with E-state index in [4.69, 9.17) is 4.74 Å². The van der Waals surface area contributed by atoms with Gasteiger partial charge in [0.2, 0.25) is 0 Å². The molecule has 0 spiro atoms. The maximum atomic E-state index is 12.9. The molecule has 0 saturated heterocycles. The van der Waals surface area contributed by atoms with Crippen molar-refractivity contribution < 1.29 is 14.3 Å². The van der Waals surface area contributed by atoms with Gasteiger partial charge in [-0.2, -0.15) is 0 Å². The lowest BCUT2D eigenvalue weighted by Crippen LogP contribution is -2.42. The number of allylic oxidation sites excluding steroid dienone is 1. The van der Waals surface area contributed by atoms with Crippen molar-refractivity contribution in [1.82, 2.24) is 0 Å². The summed E-state index contributed by atoms with van der Waals surface area (Å²) in [5.41, 5.74) is 0.878. The molecule has 0 amide bonds. The molecule has 2 aromatic carbocycles. The van der Waals surface area contributed by atoms with Crippen molar-refractivity contribution in [3.63, 3.8) is 0 Å². The monoisotopic (exact) mass is 348 g/mol. The van der Waals surface area contributed by atoms with Gasteiger partial charge in [-0.05, 0) is 30.9 Å². The van der Waals surface area contributed by atoms with Gasteiger partial charge in [0.1, 0.15) is 5.41 Å². The summed E-state index contributed by atoms with van der Waals surface area (Å²) in [7, 11) is 0. The SMILES string of the molecule is CCOC(=O)C1(C(/C=C/c2ccccc2)c2ccccc2)CCCC1=O. The van der Waals surface area contributed by atoms with Gasteiger partial charge in [-0.1, -0.05) is 72.8 Å². The molecule has 134 valence electrons. The third-order valence-corrected chi connectivity index (χ3v) is 5.08. The van der Waals surface area contributed by atoms with Gasteiger partial charge in [-0.3, -0.25) is 9.59 Å². The molecule has 1 aliphatic rings. The van der Waals surface area contributed by atoms with Crippen molar-refractivity contribution in [1.29, 1.82) is 0 Å². The second kappa shape index (κ2) is 8.13. The lowest BCUT2D eigenvalue weighted by molar-refractivity contribution is -0.159. The average molecular weight is 348 g/mol. The summed E-state index contributed by atoms with van der Waals surface area (Å²) in [6, 6.07) is 19.7. The summed E-state index contributed by atoms with van der Waals surface area (Å²) in [6.45, 7) is 2.06. The average Bonchev–Trinajstić information content (AvgIpc) is 3.06. The van der Waals surface area contributed by atoms with Crippen LogP contribution in [0.15, 0.2) is 66.7 Å². The first-order valence-corrected chi connectivity index (χ1v) is 9.17. The summed E-state index contributed by atoms with van der Waals surface area (Å²) in [5.74, 6) is -0.741. The van der Waals surface area contributed by atoms with Crippen LogP contribution in [0.25, 0.3) is 6.08 Å². The van der Waals surface area contributed by atoms with Crippen molar-refractivity contribution >= 4 is 17.8 Å². The Morgan fingerprint density at radius 3 is 2.35 bits per heavy atom. The third kappa shape index (κ3) is 3.48. The van der Waals surface area contributed by atoms with Crippen LogP contribution in [0, 0.1) is 5.41 Å². The van der Waals surface area contributed by atoms with Gasteiger partial charge in [-0.15, -0.1) is 0 Å². The van der Waals surface area contributed by atoms with Crippen LogP contribution in [0.5, 0.6) is 0 Å². The Morgan fingerprint density at radius 1 is 1.12 bits per heavy atom. The van der Waals surface area contributed by atoms with Crippen LogP contribution < -0.4 is 0 Å². The molecule has 0 heterocycles. The molecule has 3 heteroatoms. The number of ether oxygens (including phenoxy) is 1. The molecule has 3 rings (SSSR count). The number of Topliss-reactive ketones (excluding diaryl/α,β-unsaturated/α-hetero) is 1. The maximum Gasteiger partial charge on any atom is 0.320 e. The molecule has 0 aromatic heterocycles. The van der Waals surface area contributed by atoms with E-state index in [0.717, 1.165) is 17.5 Å². The van der Waals surface area contributed by atoms with Gasteiger partial charge in [0.15, 0.2) is 5.78 Å². The van der Waals surface area contributed by atoms with E-state index in [1.165, 1.54) is 0 Å². The highest BCUT2D eigenvalue weighted by atomic mass is 16.5. The van der Waals surface area contributed by atoms with Crippen molar-refractivity contribution in [2.75, 3.05) is 6.61 Å². The number of ketones is 1. The van der Waals surface area contributed by atoms with Crippen LogP contribution in [0.3, 0.4) is 0 Å². The number of carbonyl (C=O) groups is 2. The minimum atomic E-state index is -1.12. The van der Waals surface area contributed by atoms with Gasteiger partial charge in [0, 0.05) is 12.3 Å². The minimum absolute atomic E-state index is 0.0116. The zero-order chi connectivity index (χ0) is 18.4.